The normalized spacial score (nSPS) is 23.8. The topological polar surface area (TPSA) is 87.3 Å². The molecular weight excluding hydrogens is 275 g/mol. The third-order valence-corrected chi connectivity index (χ3v) is 3.11. The lowest BCUT2D eigenvalue weighted by Crippen LogP contribution is -2.46. The van der Waals surface area contributed by atoms with Crippen molar-refractivity contribution < 1.29 is 18.3 Å². The molecule has 1 aliphatic heterocycles. The molecule has 2 heterocycles. The molecule has 0 aromatic carbocycles. The number of hydrazine groups is 1. The van der Waals surface area contributed by atoms with E-state index < -0.39 is 17.6 Å². The lowest BCUT2D eigenvalue weighted by molar-refractivity contribution is -0.144. The van der Waals surface area contributed by atoms with Crippen molar-refractivity contribution in [1.29, 1.82) is 0 Å². The number of piperidine rings is 1. The highest BCUT2D eigenvalue weighted by Crippen LogP contribution is 2.31. The molecule has 1 aromatic rings. The quantitative estimate of drug-likeness (QED) is 0.559. The van der Waals surface area contributed by atoms with Crippen LogP contribution in [0.1, 0.15) is 25.6 Å². The predicted molar refractivity (Wildman–Crippen MR) is 66.9 cm³/mol. The van der Waals surface area contributed by atoms with Crippen LogP contribution in [0.2, 0.25) is 0 Å². The average molecular weight is 291 g/mol. The van der Waals surface area contributed by atoms with E-state index in [1.165, 1.54) is 6.07 Å². The molecule has 112 valence electrons. The third-order valence-electron chi connectivity index (χ3n) is 3.11. The lowest BCUT2D eigenvalue weighted by atomic mass is 9.95. The highest BCUT2D eigenvalue weighted by atomic mass is 19.4. The van der Waals surface area contributed by atoms with Gasteiger partial charge in [0.05, 0.1) is 5.60 Å². The maximum Gasteiger partial charge on any atom is 0.451 e. The van der Waals surface area contributed by atoms with E-state index in [4.69, 9.17) is 5.84 Å². The van der Waals surface area contributed by atoms with Gasteiger partial charge >= 0.3 is 6.18 Å². The van der Waals surface area contributed by atoms with Gasteiger partial charge in [-0.15, -0.1) is 0 Å². The van der Waals surface area contributed by atoms with Gasteiger partial charge in [-0.05, 0) is 19.8 Å². The summed E-state index contributed by atoms with van der Waals surface area (Å²) in [6, 6.07) is 1.33. The highest BCUT2D eigenvalue weighted by molar-refractivity contribution is 5.49. The largest absolute Gasteiger partial charge is 0.451 e. The molecule has 0 spiro atoms. The van der Waals surface area contributed by atoms with E-state index in [0.717, 1.165) is 0 Å². The smallest absolute Gasteiger partial charge is 0.388 e. The Bertz CT molecular complexity index is 491. The Morgan fingerprint density at radius 1 is 1.45 bits per heavy atom. The maximum absolute atomic E-state index is 12.7. The molecule has 4 N–H and O–H groups in total. The van der Waals surface area contributed by atoms with E-state index in [9.17, 15) is 18.3 Å². The van der Waals surface area contributed by atoms with Crippen LogP contribution in [-0.4, -0.2) is 33.8 Å². The Morgan fingerprint density at radius 2 is 2.15 bits per heavy atom. The van der Waals surface area contributed by atoms with E-state index in [0.29, 0.717) is 19.4 Å². The van der Waals surface area contributed by atoms with Crippen LogP contribution in [0.5, 0.6) is 0 Å². The number of rotatable bonds is 2. The summed E-state index contributed by atoms with van der Waals surface area (Å²) in [5.41, 5.74) is 1.15. The molecule has 0 radical (unpaired) electrons. The molecule has 1 unspecified atom stereocenters. The van der Waals surface area contributed by atoms with E-state index in [1.54, 1.807) is 11.8 Å². The lowest BCUT2D eigenvalue weighted by Gasteiger charge is -2.37. The van der Waals surface area contributed by atoms with Crippen LogP contribution in [0.15, 0.2) is 6.07 Å². The number of aromatic nitrogens is 2. The SMILES string of the molecule is CC1(O)CCCN(c2cc(NN)nc(C(F)(F)F)n2)C1. The molecule has 0 bridgehead atoms. The first-order valence-electron chi connectivity index (χ1n) is 6.11. The van der Waals surface area contributed by atoms with Gasteiger partial charge in [-0.3, -0.25) is 0 Å². The number of hydrogen-bond acceptors (Lipinski definition) is 6. The summed E-state index contributed by atoms with van der Waals surface area (Å²) in [5, 5.41) is 10.0. The summed E-state index contributed by atoms with van der Waals surface area (Å²) in [6.45, 7) is 2.38. The summed E-state index contributed by atoms with van der Waals surface area (Å²) in [5.74, 6) is 3.86. The zero-order valence-corrected chi connectivity index (χ0v) is 10.9. The molecular formula is C11H16F3N5O. The number of hydrogen-bond donors (Lipinski definition) is 3. The molecule has 1 fully saturated rings. The molecule has 9 heteroatoms. The van der Waals surface area contributed by atoms with Gasteiger partial charge in [-0.25, -0.2) is 15.8 Å². The van der Waals surface area contributed by atoms with Gasteiger partial charge in [-0.1, -0.05) is 0 Å². The number of β-amino-alcohol motifs (C(OH)–C–C–N with tert-alkyl or cyclic N) is 1. The van der Waals surface area contributed by atoms with Crippen LogP contribution < -0.4 is 16.2 Å². The average Bonchev–Trinajstić information content (AvgIpc) is 2.36. The fraction of sp³-hybridized carbons (Fsp3) is 0.636. The third kappa shape index (κ3) is 3.28. The first-order valence-corrected chi connectivity index (χ1v) is 6.11. The van der Waals surface area contributed by atoms with Gasteiger partial charge in [0, 0.05) is 19.2 Å². The molecule has 0 amide bonds. The minimum absolute atomic E-state index is 0.0975. The second-order valence-corrected chi connectivity index (χ2v) is 5.10. The maximum atomic E-state index is 12.7. The first kappa shape index (κ1) is 14.8. The summed E-state index contributed by atoms with van der Waals surface area (Å²) < 4.78 is 38.2. The van der Waals surface area contributed by atoms with Crippen LogP contribution >= 0.6 is 0 Å². The number of halogens is 3. The van der Waals surface area contributed by atoms with Crippen LogP contribution in [0.25, 0.3) is 0 Å². The summed E-state index contributed by atoms with van der Waals surface area (Å²) in [7, 11) is 0. The Morgan fingerprint density at radius 3 is 2.70 bits per heavy atom. The zero-order chi connectivity index (χ0) is 15.0. The van der Waals surface area contributed by atoms with Crippen molar-refractivity contribution in [2.75, 3.05) is 23.4 Å². The molecule has 1 saturated heterocycles. The Kier molecular flexibility index (Phi) is 3.74. The molecule has 0 aliphatic carbocycles. The van der Waals surface area contributed by atoms with Crippen LogP contribution in [-0.2, 0) is 6.18 Å². The van der Waals surface area contributed by atoms with Crippen molar-refractivity contribution in [3.05, 3.63) is 11.9 Å². The van der Waals surface area contributed by atoms with Gasteiger partial charge in [0.15, 0.2) is 0 Å². The molecule has 20 heavy (non-hydrogen) atoms. The van der Waals surface area contributed by atoms with Gasteiger partial charge in [0.25, 0.3) is 0 Å². The minimum atomic E-state index is -4.65. The number of alkyl halides is 3. The van der Waals surface area contributed by atoms with Gasteiger partial charge < -0.3 is 15.4 Å². The highest BCUT2D eigenvalue weighted by Gasteiger charge is 2.37. The van der Waals surface area contributed by atoms with Crippen molar-refractivity contribution in [3.8, 4) is 0 Å². The van der Waals surface area contributed by atoms with Crippen LogP contribution in [0, 0.1) is 0 Å². The Balaban J connectivity index is 2.36. The fourth-order valence-electron chi connectivity index (χ4n) is 2.21. The molecule has 0 saturated carbocycles. The van der Waals surface area contributed by atoms with Crippen LogP contribution in [0.3, 0.4) is 0 Å². The Labute approximate surface area is 113 Å². The van der Waals surface area contributed by atoms with E-state index in [-0.39, 0.29) is 18.2 Å². The van der Waals surface area contributed by atoms with E-state index >= 15 is 0 Å². The second-order valence-electron chi connectivity index (χ2n) is 5.10. The van der Waals surface area contributed by atoms with Crippen LogP contribution in [0.4, 0.5) is 24.8 Å². The van der Waals surface area contributed by atoms with Gasteiger partial charge in [0.1, 0.15) is 11.6 Å². The first-order chi connectivity index (χ1) is 9.21. The molecule has 1 atom stereocenters. The van der Waals surface area contributed by atoms with Crippen molar-refractivity contribution in [2.24, 2.45) is 5.84 Å². The summed E-state index contributed by atoms with van der Waals surface area (Å²) in [4.78, 5) is 8.42. The molecule has 6 nitrogen and oxygen atoms in total. The fourth-order valence-corrected chi connectivity index (χ4v) is 2.21. The van der Waals surface area contributed by atoms with Crippen molar-refractivity contribution in [3.63, 3.8) is 0 Å². The number of nitrogen functional groups attached to an aromatic ring is 1. The van der Waals surface area contributed by atoms with Crippen molar-refractivity contribution in [2.45, 2.75) is 31.5 Å². The van der Waals surface area contributed by atoms with Crippen molar-refractivity contribution >= 4 is 11.6 Å². The Hall–Kier alpha value is -1.61. The van der Waals surface area contributed by atoms with E-state index in [2.05, 4.69) is 15.4 Å². The molecule has 2 rings (SSSR count). The monoisotopic (exact) mass is 291 g/mol. The molecule has 1 aliphatic rings. The number of nitrogens with two attached hydrogens (primary N) is 1. The number of anilines is 2. The molecule has 1 aromatic heterocycles. The second kappa shape index (κ2) is 5.06. The van der Waals surface area contributed by atoms with Crippen molar-refractivity contribution in [1.82, 2.24) is 9.97 Å². The van der Waals surface area contributed by atoms with Gasteiger partial charge in [0.2, 0.25) is 5.82 Å². The zero-order valence-electron chi connectivity index (χ0n) is 10.9. The predicted octanol–water partition coefficient (Wildman–Crippen LogP) is 1.13. The van der Waals surface area contributed by atoms with E-state index in [1.807, 2.05) is 0 Å². The number of nitrogens with zero attached hydrogens (tertiary/aromatic N) is 3. The number of nitrogens with one attached hydrogen (secondary N) is 1. The number of aliphatic hydroxyl groups is 1. The summed E-state index contributed by atoms with van der Waals surface area (Å²) in [6.07, 6.45) is -3.38. The summed E-state index contributed by atoms with van der Waals surface area (Å²) >= 11 is 0. The standard InChI is InChI=1S/C11H16F3N5O/c1-10(20)3-2-4-19(6-10)8-5-7(18-15)16-9(17-8)11(12,13)14/h5,20H,2-4,6,15H2,1H3,(H,16,17,18). The minimum Gasteiger partial charge on any atom is -0.388 e. The van der Waals surface area contributed by atoms with Gasteiger partial charge in [-0.2, -0.15) is 13.2 Å².